The van der Waals surface area contributed by atoms with E-state index in [1.54, 1.807) is 6.20 Å². The fraction of sp³-hybridized carbons (Fsp3) is 0.458. The Labute approximate surface area is 184 Å². The van der Waals surface area contributed by atoms with Crippen LogP contribution in [0.5, 0.6) is 0 Å². The third kappa shape index (κ3) is 7.36. The Balaban J connectivity index is 1.29. The Bertz CT molecular complexity index is 833. The van der Waals surface area contributed by atoms with Crippen molar-refractivity contribution in [1.29, 1.82) is 0 Å². The fourth-order valence-corrected chi connectivity index (χ4v) is 3.74. The number of hydrogen-bond acceptors (Lipinski definition) is 5. The van der Waals surface area contributed by atoms with Crippen molar-refractivity contribution in [2.45, 2.75) is 26.2 Å². The van der Waals surface area contributed by atoms with E-state index in [0.717, 1.165) is 44.5 Å². The highest BCUT2D eigenvalue weighted by Gasteiger charge is 2.26. The predicted molar refractivity (Wildman–Crippen MR) is 124 cm³/mol. The van der Waals surface area contributed by atoms with Gasteiger partial charge in [0.25, 0.3) is 0 Å². The molecule has 7 nitrogen and oxygen atoms in total. The van der Waals surface area contributed by atoms with Gasteiger partial charge in [0.05, 0.1) is 6.54 Å². The largest absolute Gasteiger partial charge is 0.375 e. The van der Waals surface area contributed by atoms with Crippen LogP contribution in [0.2, 0.25) is 0 Å². The van der Waals surface area contributed by atoms with Crippen molar-refractivity contribution in [2.24, 2.45) is 5.92 Å². The number of benzene rings is 1. The molecule has 1 fully saturated rings. The van der Waals surface area contributed by atoms with E-state index in [-0.39, 0.29) is 17.7 Å². The first-order valence-corrected chi connectivity index (χ1v) is 11.0. The van der Waals surface area contributed by atoms with Crippen LogP contribution in [-0.4, -0.2) is 61.5 Å². The number of aromatic nitrogens is 1. The van der Waals surface area contributed by atoms with E-state index in [0.29, 0.717) is 18.9 Å². The van der Waals surface area contributed by atoms with Crippen molar-refractivity contribution < 1.29 is 9.59 Å². The normalized spacial score (nSPS) is 14.8. The molecule has 0 spiro atoms. The maximum Gasteiger partial charge on any atom is 0.234 e. The summed E-state index contributed by atoms with van der Waals surface area (Å²) in [5.41, 5.74) is 2.24. The van der Waals surface area contributed by atoms with Crippen molar-refractivity contribution in [3.63, 3.8) is 0 Å². The number of likely N-dealkylation sites (tertiary alicyclic amines) is 1. The van der Waals surface area contributed by atoms with Crippen LogP contribution in [-0.2, 0) is 9.59 Å². The van der Waals surface area contributed by atoms with Crippen LogP contribution in [0.15, 0.2) is 48.7 Å². The van der Waals surface area contributed by atoms with Crippen molar-refractivity contribution in [3.8, 4) is 0 Å². The number of nitrogens with one attached hydrogen (secondary N) is 2. The van der Waals surface area contributed by atoms with Gasteiger partial charge in [-0.3, -0.25) is 14.5 Å². The van der Waals surface area contributed by atoms with E-state index in [9.17, 15) is 9.59 Å². The minimum absolute atomic E-state index is 0.0167. The molecule has 1 saturated heterocycles. The fourth-order valence-electron chi connectivity index (χ4n) is 3.74. The number of aryl methyl sites for hydroxylation is 1. The van der Waals surface area contributed by atoms with Gasteiger partial charge in [-0.05, 0) is 63.0 Å². The quantitative estimate of drug-likeness (QED) is 0.607. The highest BCUT2D eigenvalue weighted by Crippen LogP contribution is 2.19. The first-order valence-electron chi connectivity index (χ1n) is 11.0. The van der Waals surface area contributed by atoms with E-state index in [1.807, 2.05) is 37.3 Å². The second-order valence-electron chi connectivity index (χ2n) is 8.22. The third-order valence-electron chi connectivity index (χ3n) is 5.68. The van der Waals surface area contributed by atoms with E-state index >= 15 is 0 Å². The summed E-state index contributed by atoms with van der Waals surface area (Å²) in [7, 11) is 2.06. The van der Waals surface area contributed by atoms with Crippen LogP contribution in [0.3, 0.4) is 0 Å². The second-order valence-corrected chi connectivity index (χ2v) is 8.22. The highest BCUT2D eigenvalue weighted by molar-refractivity contribution is 5.91. The number of pyridine rings is 1. The zero-order valence-corrected chi connectivity index (χ0v) is 18.5. The Morgan fingerprint density at radius 1 is 1.13 bits per heavy atom. The highest BCUT2D eigenvalue weighted by atomic mass is 16.2. The number of amides is 2. The average Bonchev–Trinajstić information content (AvgIpc) is 2.79. The molecule has 7 heteroatoms. The molecule has 0 aliphatic carbocycles. The number of nitrogens with zero attached hydrogens (tertiary/aromatic N) is 3. The molecule has 1 aromatic heterocycles. The average molecular weight is 424 g/mol. The molecule has 166 valence electrons. The SMILES string of the molecule is Cc1ccc(NC(=O)C2CCN(CC(=O)NCCCN(C)c3ccccc3)CC2)nc1. The van der Waals surface area contributed by atoms with Crippen LogP contribution in [0.25, 0.3) is 0 Å². The maximum atomic E-state index is 12.5. The summed E-state index contributed by atoms with van der Waals surface area (Å²) in [6.07, 6.45) is 4.16. The molecule has 2 N–H and O–H groups in total. The summed E-state index contributed by atoms with van der Waals surface area (Å²) in [5, 5.41) is 5.91. The minimum atomic E-state index is -0.0315. The van der Waals surface area contributed by atoms with Gasteiger partial charge in [-0.1, -0.05) is 24.3 Å². The number of carbonyl (C=O) groups excluding carboxylic acids is 2. The summed E-state index contributed by atoms with van der Waals surface area (Å²) >= 11 is 0. The van der Waals surface area contributed by atoms with Gasteiger partial charge in [-0.2, -0.15) is 0 Å². The van der Waals surface area contributed by atoms with Crippen LogP contribution in [0.4, 0.5) is 11.5 Å². The monoisotopic (exact) mass is 423 g/mol. The van der Waals surface area contributed by atoms with Crippen molar-refractivity contribution in [1.82, 2.24) is 15.2 Å². The Morgan fingerprint density at radius 2 is 1.87 bits per heavy atom. The van der Waals surface area contributed by atoms with Gasteiger partial charge in [0.1, 0.15) is 5.82 Å². The number of rotatable bonds is 9. The Hall–Kier alpha value is -2.93. The molecule has 2 aromatic rings. The lowest BCUT2D eigenvalue weighted by Gasteiger charge is -2.30. The number of para-hydroxylation sites is 1. The van der Waals surface area contributed by atoms with Crippen molar-refractivity contribution in [2.75, 3.05) is 50.0 Å². The maximum absolute atomic E-state index is 12.5. The third-order valence-corrected chi connectivity index (χ3v) is 5.68. The zero-order chi connectivity index (χ0) is 22.1. The molecular weight excluding hydrogens is 390 g/mol. The van der Waals surface area contributed by atoms with Gasteiger partial charge in [0, 0.05) is 37.9 Å². The molecule has 3 rings (SSSR count). The molecule has 1 aliphatic rings. The first-order chi connectivity index (χ1) is 15.0. The molecule has 1 aliphatic heterocycles. The van der Waals surface area contributed by atoms with Gasteiger partial charge >= 0.3 is 0 Å². The Kier molecular flexibility index (Phi) is 8.41. The van der Waals surface area contributed by atoms with E-state index < -0.39 is 0 Å². The van der Waals surface area contributed by atoms with Gasteiger partial charge in [0.2, 0.25) is 11.8 Å². The zero-order valence-electron chi connectivity index (χ0n) is 18.5. The first kappa shape index (κ1) is 22.7. The summed E-state index contributed by atoms with van der Waals surface area (Å²) in [6.45, 7) is 5.42. The van der Waals surface area contributed by atoms with Gasteiger partial charge in [-0.25, -0.2) is 4.98 Å². The molecule has 0 unspecified atom stereocenters. The van der Waals surface area contributed by atoms with Crippen molar-refractivity contribution in [3.05, 3.63) is 54.2 Å². The molecular formula is C24H33N5O2. The van der Waals surface area contributed by atoms with Crippen LogP contribution >= 0.6 is 0 Å². The minimum Gasteiger partial charge on any atom is -0.375 e. The van der Waals surface area contributed by atoms with Crippen molar-refractivity contribution >= 4 is 23.3 Å². The molecule has 0 atom stereocenters. The number of anilines is 2. The smallest absolute Gasteiger partial charge is 0.234 e. The van der Waals surface area contributed by atoms with Gasteiger partial charge in [0.15, 0.2) is 0 Å². The predicted octanol–water partition coefficient (Wildman–Crippen LogP) is 2.68. The van der Waals surface area contributed by atoms with E-state index in [4.69, 9.17) is 0 Å². The second kappa shape index (κ2) is 11.5. The number of carbonyl (C=O) groups is 2. The van der Waals surface area contributed by atoms with E-state index in [2.05, 4.69) is 44.6 Å². The molecule has 2 heterocycles. The van der Waals surface area contributed by atoms with Gasteiger partial charge in [-0.15, -0.1) is 0 Å². The standard InChI is InChI=1S/C24H33N5O2/c1-19-9-10-22(26-17-19)27-24(31)20-11-15-29(16-12-20)18-23(30)25-13-6-14-28(2)21-7-4-3-5-8-21/h3-5,7-10,17,20H,6,11-16,18H2,1-2H3,(H,25,30)(H,26,27,31). The number of piperidine rings is 1. The summed E-state index contributed by atoms with van der Waals surface area (Å²) in [4.78, 5) is 33.3. The van der Waals surface area contributed by atoms with E-state index in [1.165, 1.54) is 5.69 Å². The van der Waals surface area contributed by atoms with Crippen LogP contribution < -0.4 is 15.5 Å². The summed E-state index contributed by atoms with van der Waals surface area (Å²) < 4.78 is 0. The topological polar surface area (TPSA) is 77.6 Å². The molecule has 2 amide bonds. The summed E-state index contributed by atoms with van der Waals surface area (Å²) in [6, 6.07) is 14.0. The molecule has 0 saturated carbocycles. The van der Waals surface area contributed by atoms with Crippen LogP contribution in [0.1, 0.15) is 24.8 Å². The molecule has 0 radical (unpaired) electrons. The summed E-state index contributed by atoms with van der Waals surface area (Å²) in [5.74, 6) is 0.628. The number of hydrogen-bond donors (Lipinski definition) is 2. The lowest BCUT2D eigenvalue weighted by Crippen LogP contribution is -2.43. The lowest BCUT2D eigenvalue weighted by atomic mass is 9.96. The molecule has 31 heavy (non-hydrogen) atoms. The lowest BCUT2D eigenvalue weighted by molar-refractivity contribution is -0.123. The van der Waals surface area contributed by atoms with Crippen LogP contribution in [0, 0.1) is 12.8 Å². The Morgan fingerprint density at radius 3 is 2.55 bits per heavy atom. The molecule has 0 bridgehead atoms. The van der Waals surface area contributed by atoms with Gasteiger partial charge < -0.3 is 15.5 Å². The molecule has 1 aromatic carbocycles.